The molecule has 0 aromatic heterocycles. The Balaban J connectivity index is 2.52. The van der Waals surface area contributed by atoms with Crippen molar-refractivity contribution in [2.45, 2.75) is 39.7 Å². The van der Waals surface area contributed by atoms with Crippen LogP contribution < -0.4 is 5.32 Å². The van der Waals surface area contributed by atoms with Crippen LogP contribution >= 0.6 is 0 Å². The number of nitrogens with zero attached hydrogens (tertiary/aromatic N) is 2. The molecule has 7 heteroatoms. The summed E-state index contributed by atoms with van der Waals surface area (Å²) in [5.74, 6) is 0.367. The van der Waals surface area contributed by atoms with Gasteiger partial charge in [0.25, 0.3) is 10.2 Å². The van der Waals surface area contributed by atoms with E-state index in [4.69, 9.17) is 0 Å². The third-order valence-corrected chi connectivity index (χ3v) is 5.92. The lowest BCUT2D eigenvalue weighted by Crippen LogP contribution is -2.48. The van der Waals surface area contributed by atoms with Gasteiger partial charge in [0.05, 0.1) is 0 Å². The number of amides is 1. The fraction of sp³-hybridized carbons (Fsp3) is 0.923. The summed E-state index contributed by atoms with van der Waals surface area (Å²) in [6, 6.07) is 0.144. The smallest absolute Gasteiger partial charge is 0.281 e. The molecule has 0 saturated carbocycles. The first-order valence-corrected chi connectivity index (χ1v) is 8.54. The molecule has 118 valence electrons. The van der Waals surface area contributed by atoms with E-state index in [1.807, 2.05) is 6.92 Å². The summed E-state index contributed by atoms with van der Waals surface area (Å²) < 4.78 is 26.6. The van der Waals surface area contributed by atoms with Crippen LogP contribution in [0.4, 0.5) is 0 Å². The molecule has 0 aromatic carbocycles. The highest BCUT2D eigenvalue weighted by Gasteiger charge is 2.32. The zero-order valence-electron chi connectivity index (χ0n) is 13.1. The predicted molar refractivity (Wildman–Crippen MR) is 79.3 cm³/mol. The second-order valence-electron chi connectivity index (χ2n) is 6.00. The fourth-order valence-electron chi connectivity index (χ4n) is 2.09. The van der Waals surface area contributed by atoms with E-state index in [1.54, 1.807) is 0 Å². The molecule has 1 heterocycles. The molecule has 1 rings (SSSR count). The second kappa shape index (κ2) is 6.87. The van der Waals surface area contributed by atoms with Gasteiger partial charge in [0, 0.05) is 39.1 Å². The van der Waals surface area contributed by atoms with Gasteiger partial charge in [-0.05, 0) is 25.7 Å². The molecule has 1 saturated heterocycles. The van der Waals surface area contributed by atoms with Crippen LogP contribution in [0.15, 0.2) is 0 Å². The molecular formula is C13H27N3O3S. The summed E-state index contributed by atoms with van der Waals surface area (Å²) in [5.41, 5.74) is 0. The van der Waals surface area contributed by atoms with Crippen molar-refractivity contribution < 1.29 is 13.2 Å². The monoisotopic (exact) mass is 305 g/mol. The number of carbonyl (C=O) groups excluding carboxylic acids is 1. The average molecular weight is 305 g/mol. The van der Waals surface area contributed by atoms with Crippen LogP contribution in [0.25, 0.3) is 0 Å². The topological polar surface area (TPSA) is 69.7 Å². The van der Waals surface area contributed by atoms with Crippen LogP contribution in [0, 0.1) is 11.8 Å². The molecule has 6 nitrogen and oxygen atoms in total. The van der Waals surface area contributed by atoms with Crippen LogP contribution in [0.3, 0.4) is 0 Å². The van der Waals surface area contributed by atoms with Gasteiger partial charge in [-0.2, -0.15) is 17.0 Å². The van der Waals surface area contributed by atoms with Gasteiger partial charge in [-0.3, -0.25) is 4.79 Å². The highest BCUT2D eigenvalue weighted by Crippen LogP contribution is 2.21. The number of hydrogen-bond donors (Lipinski definition) is 1. The Hall–Kier alpha value is -0.660. The van der Waals surface area contributed by atoms with E-state index in [-0.39, 0.29) is 17.9 Å². The van der Waals surface area contributed by atoms with Crippen molar-refractivity contribution in [3.05, 3.63) is 0 Å². The molecule has 20 heavy (non-hydrogen) atoms. The minimum absolute atomic E-state index is 0.0492. The molecule has 0 bridgehead atoms. The number of rotatable bonds is 5. The normalized spacial score (nSPS) is 20.4. The Kier molecular flexibility index (Phi) is 5.97. The van der Waals surface area contributed by atoms with Crippen LogP contribution in [0.5, 0.6) is 0 Å². The maximum atomic E-state index is 12.1. The van der Waals surface area contributed by atoms with Gasteiger partial charge in [-0.1, -0.05) is 13.8 Å². The maximum Gasteiger partial charge on any atom is 0.281 e. The predicted octanol–water partition coefficient (Wildman–Crippen LogP) is 0.666. The molecule has 1 aliphatic heterocycles. The van der Waals surface area contributed by atoms with Gasteiger partial charge in [-0.25, -0.2) is 0 Å². The van der Waals surface area contributed by atoms with E-state index in [2.05, 4.69) is 19.2 Å². The largest absolute Gasteiger partial charge is 0.353 e. The molecule has 1 N–H and O–H groups in total. The van der Waals surface area contributed by atoms with Gasteiger partial charge in [0.15, 0.2) is 0 Å². The molecule has 1 atom stereocenters. The molecule has 1 aliphatic rings. The Morgan fingerprint density at radius 3 is 2.10 bits per heavy atom. The highest BCUT2D eigenvalue weighted by atomic mass is 32.2. The van der Waals surface area contributed by atoms with Gasteiger partial charge in [-0.15, -0.1) is 0 Å². The third-order valence-electron chi connectivity index (χ3n) is 3.98. The van der Waals surface area contributed by atoms with Gasteiger partial charge in [0.1, 0.15) is 0 Å². The summed E-state index contributed by atoms with van der Waals surface area (Å²) in [4.78, 5) is 12.1. The highest BCUT2D eigenvalue weighted by molar-refractivity contribution is 7.86. The standard InChI is InChI=1S/C13H27N3O3S/c1-10(2)11(3)14-13(17)12-6-8-16(9-7-12)20(18,19)15(4)5/h10-12H,6-9H2,1-5H3,(H,14,17). The first-order valence-electron chi connectivity index (χ1n) is 7.14. The van der Waals surface area contributed by atoms with Crippen molar-refractivity contribution in [1.82, 2.24) is 13.9 Å². The summed E-state index contributed by atoms with van der Waals surface area (Å²) >= 11 is 0. The molecule has 0 radical (unpaired) electrons. The van der Waals surface area contributed by atoms with Crippen molar-refractivity contribution in [3.8, 4) is 0 Å². The first kappa shape index (κ1) is 17.4. The Bertz CT molecular complexity index is 426. The van der Waals surface area contributed by atoms with Crippen molar-refractivity contribution in [3.63, 3.8) is 0 Å². The Morgan fingerprint density at radius 2 is 1.70 bits per heavy atom. The molecule has 0 aliphatic carbocycles. The van der Waals surface area contributed by atoms with E-state index >= 15 is 0 Å². The number of carbonyl (C=O) groups is 1. The van der Waals surface area contributed by atoms with E-state index in [1.165, 1.54) is 22.7 Å². The van der Waals surface area contributed by atoms with Gasteiger partial charge >= 0.3 is 0 Å². The number of hydrogen-bond acceptors (Lipinski definition) is 3. The van der Waals surface area contributed by atoms with Crippen LogP contribution in [0.1, 0.15) is 33.6 Å². The first-order chi connectivity index (χ1) is 9.16. The van der Waals surface area contributed by atoms with Crippen LogP contribution in [-0.4, -0.2) is 56.2 Å². The Morgan fingerprint density at radius 1 is 1.20 bits per heavy atom. The summed E-state index contributed by atoms with van der Waals surface area (Å²) in [5, 5.41) is 3.01. The van der Waals surface area contributed by atoms with Crippen molar-refractivity contribution >= 4 is 16.1 Å². The summed E-state index contributed by atoms with van der Waals surface area (Å²) in [7, 11) is -0.298. The van der Waals surface area contributed by atoms with Crippen LogP contribution in [-0.2, 0) is 15.0 Å². The molecule has 0 spiro atoms. The molecule has 1 amide bonds. The maximum absolute atomic E-state index is 12.1. The zero-order valence-corrected chi connectivity index (χ0v) is 13.9. The van der Waals surface area contributed by atoms with Gasteiger partial charge < -0.3 is 5.32 Å². The van der Waals surface area contributed by atoms with E-state index < -0.39 is 10.2 Å². The number of nitrogens with one attached hydrogen (secondary N) is 1. The van der Waals surface area contributed by atoms with E-state index in [0.717, 1.165) is 0 Å². The van der Waals surface area contributed by atoms with Crippen LogP contribution in [0.2, 0.25) is 0 Å². The average Bonchev–Trinajstić information content (AvgIpc) is 2.38. The van der Waals surface area contributed by atoms with Crippen molar-refractivity contribution in [2.75, 3.05) is 27.2 Å². The third kappa shape index (κ3) is 4.17. The van der Waals surface area contributed by atoms with E-state index in [9.17, 15) is 13.2 Å². The summed E-state index contributed by atoms with van der Waals surface area (Å²) in [6.45, 7) is 6.95. The lowest BCUT2D eigenvalue weighted by Gasteiger charge is -2.32. The molecule has 1 unspecified atom stereocenters. The quantitative estimate of drug-likeness (QED) is 0.811. The second-order valence-corrected chi connectivity index (χ2v) is 8.15. The van der Waals surface area contributed by atoms with Crippen molar-refractivity contribution in [2.24, 2.45) is 11.8 Å². The summed E-state index contributed by atoms with van der Waals surface area (Å²) in [6.07, 6.45) is 1.17. The lowest BCUT2D eigenvalue weighted by molar-refractivity contribution is -0.127. The fourth-order valence-corrected chi connectivity index (χ4v) is 3.22. The number of piperidine rings is 1. The molecule has 0 aromatic rings. The van der Waals surface area contributed by atoms with Crippen molar-refractivity contribution in [1.29, 1.82) is 0 Å². The Labute approximate surface area is 122 Å². The zero-order chi connectivity index (χ0) is 15.5. The minimum atomic E-state index is -3.35. The molecule has 1 fully saturated rings. The minimum Gasteiger partial charge on any atom is -0.353 e. The molecular weight excluding hydrogens is 278 g/mol. The van der Waals surface area contributed by atoms with E-state index in [0.29, 0.717) is 31.8 Å². The SMILES string of the molecule is CC(C)C(C)NC(=O)C1CCN(S(=O)(=O)N(C)C)CC1. The van der Waals surface area contributed by atoms with Gasteiger partial charge in [0.2, 0.25) is 5.91 Å². The lowest BCUT2D eigenvalue weighted by atomic mass is 9.96.